The second kappa shape index (κ2) is 4.65. The van der Waals surface area contributed by atoms with Crippen LogP contribution in [0.25, 0.3) is 0 Å². The Kier molecular flexibility index (Phi) is 3.92. The molecule has 5 nitrogen and oxygen atoms in total. The van der Waals surface area contributed by atoms with Crippen molar-refractivity contribution in [2.24, 2.45) is 0 Å². The summed E-state index contributed by atoms with van der Waals surface area (Å²) in [5.74, 6) is 0. The zero-order chi connectivity index (χ0) is 14.2. The molecule has 0 amide bonds. The monoisotopic (exact) mass is 303 g/mol. The van der Waals surface area contributed by atoms with E-state index >= 15 is 0 Å². The number of alkyl halides is 3. The Morgan fingerprint density at radius 1 is 1.28 bits per heavy atom. The maximum absolute atomic E-state index is 12.2. The van der Waals surface area contributed by atoms with Gasteiger partial charge in [0.2, 0.25) is 10.1 Å². The molecule has 10 heteroatoms. The van der Waals surface area contributed by atoms with Crippen molar-refractivity contribution in [1.29, 1.82) is 0 Å². The van der Waals surface area contributed by atoms with Gasteiger partial charge in [0.1, 0.15) is 0 Å². The molecule has 0 aliphatic carbocycles. The second-order valence-corrected chi connectivity index (χ2v) is 7.92. The third kappa shape index (κ3) is 3.55. The number of nitrogens with one attached hydrogen (secondary N) is 1. The number of hydrogen-bond donors (Lipinski definition) is 1. The molecule has 104 valence electrons. The molecular formula is C8H12F3N3O2S2. The summed E-state index contributed by atoms with van der Waals surface area (Å²) in [6.45, 7) is 2.90. The summed E-state index contributed by atoms with van der Waals surface area (Å²) in [5.41, 5.74) is 0. The summed E-state index contributed by atoms with van der Waals surface area (Å²) >= 11 is 0.338. The van der Waals surface area contributed by atoms with E-state index in [-0.39, 0.29) is 11.7 Å². The molecule has 0 aliphatic rings. The minimum atomic E-state index is -4.54. The van der Waals surface area contributed by atoms with E-state index in [4.69, 9.17) is 0 Å². The van der Waals surface area contributed by atoms with E-state index < -0.39 is 25.8 Å². The lowest BCUT2D eigenvalue weighted by Gasteiger charge is -2.22. The van der Waals surface area contributed by atoms with Gasteiger partial charge in [-0.05, 0) is 13.8 Å². The Bertz CT molecular complexity index is 522. The Hall–Kier alpha value is -0.900. The molecule has 0 atom stereocenters. The Labute approximate surface area is 106 Å². The fourth-order valence-corrected chi connectivity index (χ4v) is 1.77. The van der Waals surface area contributed by atoms with Crippen LogP contribution in [0.1, 0.15) is 18.9 Å². The molecule has 1 heterocycles. The molecule has 1 rings (SSSR count). The summed E-state index contributed by atoms with van der Waals surface area (Å²) in [7, 11) is -3.32. The summed E-state index contributed by atoms with van der Waals surface area (Å²) in [6.07, 6.45) is -3.47. The second-order valence-electron chi connectivity index (χ2n) is 4.30. The topological polar surface area (TPSA) is 72.0 Å². The Balaban J connectivity index is 2.74. The Morgan fingerprint density at radius 2 is 1.83 bits per heavy atom. The molecule has 0 fully saturated rings. The fourth-order valence-electron chi connectivity index (χ4n) is 0.829. The maximum Gasteiger partial charge on any atom is 0.445 e. The van der Waals surface area contributed by atoms with Crippen molar-refractivity contribution < 1.29 is 21.6 Å². The van der Waals surface area contributed by atoms with Crippen molar-refractivity contribution in [3.05, 3.63) is 5.01 Å². The molecule has 0 bridgehead atoms. The van der Waals surface area contributed by atoms with Gasteiger partial charge in [0.15, 0.2) is 9.84 Å². The molecule has 0 saturated carbocycles. The lowest BCUT2D eigenvalue weighted by Crippen LogP contribution is -2.38. The number of nitrogens with zero attached hydrogens (tertiary/aromatic N) is 2. The zero-order valence-electron chi connectivity index (χ0n) is 9.87. The van der Waals surface area contributed by atoms with E-state index in [0.29, 0.717) is 11.3 Å². The number of anilines is 1. The lowest BCUT2D eigenvalue weighted by molar-refractivity contribution is -0.138. The number of halogens is 3. The van der Waals surface area contributed by atoms with Crippen molar-refractivity contribution in [2.75, 3.05) is 18.1 Å². The average Bonchev–Trinajstić information content (AvgIpc) is 2.60. The highest BCUT2D eigenvalue weighted by Crippen LogP contribution is 2.33. The summed E-state index contributed by atoms with van der Waals surface area (Å²) in [4.78, 5) is 0. The van der Waals surface area contributed by atoms with Crippen LogP contribution < -0.4 is 5.32 Å². The van der Waals surface area contributed by atoms with Crippen LogP contribution in [0.5, 0.6) is 0 Å². The van der Waals surface area contributed by atoms with Gasteiger partial charge in [0.25, 0.3) is 0 Å². The van der Waals surface area contributed by atoms with Gasteiger partial charge >= 0.3 is 6.18 Å². The van der Waals surface area contributed by atoms with Crippen molar-refractivity contribution in [3.63, 3.8) is 0 Å². The molecule has 0 radical (unpaired) electrons. The van der Waals surface area contributed by atoms with Crippen LogP contribution in [-0.4, -0.2) is 36.2 Å². The van der Waals surface area contributed by atoms with Crippen LogP contribution >= 0.6 is 11.3 Å². The normalized spacial score (nSPS) is 13.7. The number of sulfone groups is 1. The van der Waals surface area contributed by atoms with Gasteiger partial charge in [-0.1, -0.05) is 11.3 Å². The molecular weight excluding hydrogens is 291 g/mol. The molecule has 0 aliphatic heterocycles. The van der Waals surface area contributed by atoms with Crippen LogP contribution in [0.2, 0.25) is 0 Å². The molecule has 0 aromatic carbocycles. The predicted octanol–water partition coefficient (Wildman–Crippen LogP) is 1.79. The smallest absolute Gasteiger partial charge is 0.359 e. The van der Waals surface area contributed by atoms with Crippen molar-refractivity contribution in [2.45, 2.75) is 24.8 Å². The van der Waals surface area contributed by atoms with Crippen molar-refractivity contribution in [3.8, 4) is 0 Å². The summed E-state index contributed by atoms with van der Waals surface area (Å²) < 4.78 is 58.4. The predicted molar refractivity (Wildman–Crippen MR) is 62.3 cm³/mol. The molecule has 18 heavy (non-hydrogen) atoms. The van der Waals surface area contributed by atoms with Crippen LogP contribution in [-0.2, 0) is 16.0 Å². The number of aromatic nitrogens is 2. The van der Waals surface area contributed by atoms with Crippen molar-refractivity contribution >= 4 is 26.3 Å². The van der Waals surface area contributed by atoms with Gasteiger partial charge < -0.3 is 5.32 Å². The number of hydrogen-bond acceptors (Lipinski definition) is 6. The standard InChI is InChI=1S/C8H12F3N3O2S2/c1-7(2,18(3,15)16)4-12-6-14-13-5(17-6)8(9,10)11/h4H2,1-3H3,(H,12,14). The van der Waals surface area contributed by atoms with E-state index in [0.717, 1.165) is 6.26 Å². The third-order valence-electron chi connectivity index (χ3n) is 2.34. The average molecular weight is 303 g/mol. The fraction of sp³-hybridized carbons (Fsp3) is 0.750. The summed E-state index contributed by atoms with van der Waals surface area (Å²) in [6, 6.07) is 0. The highest BCUT2D eigenvalue weighted by molar-refractivity contribution is 7.92. The molecule has 1 aromatic rings. The van der Waals surface area contributed by atoms with E-state index in [2.05, 4.69) is 15.5 Å². The molecule has 0 unspecified atom stereocenters. The van der Waals surface area contributed by atoms with Gasteiger partial charge in [0.05, 0.1) is 4.75 Å². The van der Waals surface area contributed by atoms with Gasteiger partial charge in [-0.25, -0.2) is 8.42 Å². The van der Waals surface area contributed by atoms with Crippen LogP contribution in [0.4, 0.5) is 18.3 Å². The minimum absolute atomic E-state index is 0.0433. The first-order valence-electron chi connectivity index (χ1n) is 4.78. The maximum atomic E-state index is 12.2. The Morgan fingerprint density at radius 3 is 2.22 bits per heavy atom. The first kappa shape index (κ1) is 15.2. The van der Waals surface area contributed by atoms with Crippen LogP contribution in [0.15, 0.2) is 0 Å². The van der Waals surface area contributed by atoms with Gasteiger partial charge in [-0.3, -0.25) is 0 Å². The number of rotatable bonds is 4. The molecule has 0 saturated heterocycles. The first-order valence-corrected chi connectivity index (χ1v) is 7.48. The van der Waals surface area contributed by atoms with Gasteiger partial charge in [0, 0.05) is 12.8 Å². The molecule has 1 N–H and O–H groups in total. The highest BCUT2D eigenvalue weighted by atomic mass is 32.2. The van der Waals surface area contributed by atoms with E-state index in [1.54, 1.807) is 0 Å². The quantitative estimate of drug-likeness (QED) is 0.918. The third-order valence-corrected chi connectivity index (χ3v) is 5.41. The van der Waals surface area contributed by atoms with Gasteiger partial charge in [-0.2, -0.15) is 13.2 Å². The van der Waals surface area contributed by atoms with E-state index in [9.17, 15) is 21.6 Å². The minimum Gasteiger partial charge on any atom is -0.359 e. The van der Waals surface area contributed by atoms with Crippen LogP contribution in [0.3, 0.4) is 0 Å². The van der Waals surface area contributed by atoms with E-state index in [1.807, 2.05) is 0 Å². The molecule has 0 spiro atoms. The molecule has 1 aromatic heterocycles. The lowest BCUT2D eigenvalue weighted by atomic mass is 10.2. The van der Waals surface area contributed by atoms with E-state index in [1.165, 1.54) is 13.8 Å². The largest absolute Gasteiger partial charge is 0.445 e. The zero-order valence-corrected chi connectivity index (χ0v) is 11.5. The highest BCUT2D eigenvalue weighted by Gasteiger charge is 2.36. The first-order chi connectivity index (χ1) is 7.93. The SMILES string of the molecule is CC(C)(CNc1nnc(C(F)(F)F)s1)S(C)(=O)=O. The van der Waals surface area contributed by atoms with Crippen molar-refractivity contribution in [1.82, 2.24) is 10.2 Å². The van der Waals surface area contributed by atoms with Gasteiger partial charge in [-0.15, -0.1) is 10.2 Å². The summed E-state index contributed by atoms with van der Waals surface area (Å²) in [5, 5.41) is 7.72. The van der Waals surface area contributed by atoms with Crippen LogP contribution in [0, 0.1) is 0 Å².